The lowest BCUT2D eigenvalue weighted by Gasteiger charge is -2.11. The van der Waals surface area contributed by atoms with E-state index in [1.165, 1.54) is 30.5 Å². The normalized spacial score (nSPS) is 11.0. The van der Waals surface area contributed by atoms with E-state index in [0.29, 0.717) is 22.4 Å². The molecule has 0 atom stereocenters. The highest BCUT2D eigenvalue weighted by molar-refractivity contribution is 5.75. The largest absolute Gasteiger partial charge is 0.573 e. The zero-order valence-corrected chi connectivity index (χ0v) is 16.0. The lowest BCUT2D eigenvalue weighted by atomic mass is 10.00. The number of benzene rings is 2. The molecule has 4 nitrogen and oxygen atoms in total. The van der Waals surface area contributed by atoms with Crippen LogP contribution in [0.1, 0.15) is 5.56 Å². The second-order valence-corrected chi connectivity index (χ2v) is 6.59. The zero-order chi connectivity index (χ0) is 21.8. The number of nitrogens with zero attached hydrogens (tertiary/aromatic N) is 3. The molecule has 0 aliphatic carbocycles. The van der Waals surface area contributed by atoms with Crippen LogP contribution >= 0.6 is 0 Å². The van der Waals surface area contributed by atoms with Gasteiger partial charge in [0.2, 0.25) is 0 Å². The Morgan fingerprint density at radius 1 is 0.774 bits per heavy atom. The van der Waals surface area contributed by atoms with Gasteiger partial charge in [-0.15, -0.1) is 13.2 Å². The molecule has 0 amide bonds. The number of pyridine rings is 2. The van der Waals surface area contributed by atoms with Crippen LogP contribution in [0.2, 0.25) is 0 Å². The molecular formula is C24H14F3N3O. The molecule has 0 N–H and O–H groups in total. The Morgan fingerprint density at radius 2 is 1.48 bits per heavy atom. The van der Waals surface area contributed by atoms with E-state index in [0.717, 1.165) is 16.8 Å². The predicted molar refractivity (Wildman–Crippen MR) is 110 cm³/mol. The molecule has 0 spiro atoms. The fraction of sp³-hybridized carbons (Fsp3) is 0.0417. The molecule has 0 saturated heterocycles. The molecule has 0 radical (unpaired) electrons. The van der Waals surface area contributed by atoms with Gasteiger partial charge in [0.15, 0.2) is 0 Å². The van der Waals surface area contributed by atoms with Crippen molar-refractivity contribution in [1.82, 2.24) is 9.97 Å². The molecule has 2 heterocycles. The Labute approximate surface area is 176 Å². The van der Waals surface area contributed by atoms with Crippen LogP contribution in [-0.2, 0) is 0 Å². The van der Waals surface area contributed by atoms with Crippen molar-refractivity contribution in [2.24, 2.45) is 0 Å². The van der Waals surface area contributed by atoms with Gasteiger partial charge in [0, 0.05) is 29.1 Å². The molecule has 4 rings (SSSR count). The Bertz CT molecular complexity index is 1250. The lowest BCUT2D eigenvalue weighted by molar-refractivity contribution is -0.274. The van der Waals surface area contributed by atoms with Crippen molar-refractivity contribution in [1.29, 1.82) is 5.26 Å². The molecule has 4 aromatic rings. The molecule has 0 bridgehead atoms. The number of nitriles is 1. The third kappa shape index (κ3) is 4.70. The maximum absolute atomic E-state index is 12.3. The van der Waals surface area contributed by atoms with Gasteiger partial charge in [-0.1, -0.05) is 42.5 Å². The summed E-state index contributed by atoms with van der Waals surface area (Å²) in [6.07, 6.45) is -1.54. The van der Waals surface area contributed by atoms with Gasteiger partial charge < -0.3 is 4.74 Å². The van der Waals surface area contributed by atoms with Crippen LogP contribution in [0, 0.1) is 11.3 Å². The van der Waals surface area contributed by atoms with Gasteiger partial charge in [0.05, 0.1) is 23.0 Å². The molecule has 2 aromatic carbocycles. The third-order valence-electron chi connectivity index (χ3n) is 4.55. The van der Waals surface area contributed by atoms with Crippen molar-refractivity contribution in [3.63, 3.8) is 0 Å². The molecule has 2 aromatic heterocycles. The van der Waals surface area contributed by atoms with Crippen LogP contribution in [0.4, 0.5) is 13.2 Å². The summed E-state index contributed by atoms with van der Waals surface area (Å²) < 4.78 is 40.9. The van der Waals surface area contributed by atoms with Gasteiger partial charge >= 0.3 is 6.36 Å². The summed E-state index contributed by atoms with van der Waals surface area (Å²) in [5.74, 6) is -0.329. The number of aromatic nitrogens is 2. The Kier molecular flexibility index (Phi) is 5.37. The predicted octanol–water partition coefficient (Wildman–Crippen LogP) is 6.25. The van der Waals surface area contributed by atoms with Gasteiger partial charge in [-0.3, -0.25) is 9.97 Å². The highest BCUT2D eigenvalue weighted by Crippen LogP contribution is 2.30. The van der Waals surface area contributed by atoms with E-state index in [2.05, 4.69) is 20.8 Å². The van der Waals surface area contributed by atoms with Crippen LogP contribution in [0.5, 0.6) is 5.75 Å². The number of rotatable bonds is 4. The van der Waals surface area contributed by atoms with Gasteiger partial charge in [-0.2, -0.15) is 5.26 Å². The number of alkyl halides is 3. The van der Waals surface area contributed by atoms with Crippen molar-refractivity contribution in [2.45, 2.75) is 6.36 Å². The zero-order valence-electron chi connectivity index (χ0n) is 16.0. The minimum atomic E-state index is -4.76. The van der Waals surface area contributed by atoms with Crippen LogP contribution in [0.3, 0.4) is 0 Å². The molecule has 152 valence electrons. The van der Waals surface area contributed by atoms with Crippen molar-refractivity contribution in [3.8, 4) is 45.5 Å². The van der Waals surface area contributed by atoms with Crippen molar-refractivity contribution in [3.05, 3.63) is 90.8 Å². The number of hydrogen-bond donors (Lipinski definition) is 0. The molecule has 31 heavy (non-hydrogen) atoms. The fourth-order valence-corrected chi connectivity index (χ4v) is 3.13. The Balaban J connectivity index is 1.66. The molecule has 0 fully saturated rings. The summed E-state index contributed by atoms with van der Waals surface area (Å²) in [6.45, 7) is 0. The molecule has 0 saturated carbocycles. The van der Waals surface area contributed by atoms with E-state index >= 15 is 0 Å². The second-order valence-electron chi connectivity index (χ2n) is 6.59. The number of halogens is 3. The first-order valence-electron chi connectivity index (χ1n) is 9.21. The van der Waals surface area contributed by atoms with Crippen molar-refractivity contribution < 1.29 is 17.9 Å². The van der Waals surface area contributed by atoms with E-state index in [9.17, 15) is 18.4 Å². The van der Waals surface area contributed by atoms with Crippen LogP contribution in [0.25, 0.3) is 33.6 Å². The molecule has 7 heteroatoms. The maximum Gasteiger partial charge on any atom is 0.573 e. The topological polar surface area (TPSA) is 58.8 Å². The maximum atomic E-state index is 12.3. The molecule has 0 unspecified atom stereocenters. The summed E-state index contributed by atoms with van der Waals surface area (Å²) in [4.78, 5) is 8.85. The summed E-state index contributed by atoms with van der Waals surface area (Å²) >= 11 is 0. The minimum Gasteiger partial charge on any atom is -0.406 e. The molecule has 0 aliphatic heterocycles. The van der Waals surface area contributed by atoms with E-state index in [1.807, 2.05) is 36.4 Å². The van der Waals surface area contributed by atoms with Gasteiger partial charge in [0.1, 0.15) is 5.75 Å². The Hall–Kier alpha value is -4.18. The first-order valence-corrected chi connectivity index (χ1v) is 9.21. The summed E-state index contributed by atoms with van der Waals surface area (Å²) in [5.41, 5.74) is 4.56. The van der Waals surface area contributed by atoms with E-state index in [1.54, 1.807) is 18.3 Å². The first-order chi connectivity index (χ1) is 14.9. The van der Waals surface area contributed by atoms with E-state index in [-0.39, 0.29) is 5.75 Å². The van der Waals surface area contributed by atoms with Crippen LogP contribution in [0.15, 0.2) is 85.2 Å². The minimum absolute atomic E-state index is 0.329. The van der Waals surface area contributed by atoms with E-state index < -0.39 is 6.36 Å². The second kappa shape index (κ2) is 8.28. The van der Waals surface area contributed by atoms with Gasteiger partial charge in [-0.05, 0) is 35.9 Å². The van der Waals surface area contributed by atoms with Crippen molar-refractivity contribution in [2.75, 3.05) is 0 Å². The monoisotopic (exact) mass is 417 g/mol. The number of hydrogen-bond acceptors (Lipinski definition) is 4. The smallest absolute Gasteiger partial charge is 0.406 e. The molecule has 0 aliphatic rings. The third-order valence-corrected chi connectivity index (χ3v) is 4.55. The van der Waals surface area contributed by atoms with Crippen molar-refractivity contribution >= 4 is 0 Å². The van der Waals surface area contributed by atoms with Crippen LogP contribution < -0.4 is 4.74 Å². The summed E-state index contributed by atoms with van der Waals surface area (Å²) in [7, 11) is 0. The SMILES string of the molecule is N#Cc1cc(-c2ccnc(-c3ccccc3)c2)ncc1-c1ccc(OC(F)(F)F)cc1. The van der Waals surface area contributed by atoms with Gasteiger partial charge in [0.25, 0.3) is 0 Å². The summed E-state index contributed by atoms with van der Waals surface area (Å²) in [5, 5.41) is 9.63. The number of ether oxygens (including phenoxy) is 1. The van der Waals surface area contributed by atoms with Gasteiger partial charge in [-0.25, -0.2) is 0 Å². The standard InChI is InChI=1S/C24H14F3N3O/c25-24(26,27)31-20-8-6-16(7-9-20)21-15-30-23(13-19(21)14-28)18-10-11-29-22(12-18)17-4-2-1-3-5-17/h1-13,15H. The molecular weight excluding hydrogens is 403 g/mol. The lowest BCUT2D eigenvalue weighted by Crippen LogP contribution is -2.16. The highest BCUT2D eigenvalue weighted by atomic mass is 19.4. The highest BCUT2D eigenvalue weighted by Gasteiger charge is 2.31. The average Bonchev–Trinajstić information content (AvgIpc) is 2.79. The summed E-state index contributed by atoms with van der Waals surface area (Å²) in [6, 6.07) is 22.5. The fourth-order valence-electron chi connectivity index (χ4n) is 3.13. The van der Waals surface area contributed by atoms with E-state index in [4.69, 9.17) is 0 Å². The average molecular weight is 417 g/mol. The quantitative estimate of drug-likeness (QED) is 0.394. The Morgan fingerprint density at radius 3 is 2.16 bits per heavy atom. The first kappa shape index (κ1) is 20.1. The van der Waals surface area contributed by atoms with Crippen LogP contribution in [-0.4, -0.2) is 16.3 Å².